The van der Waals surface area contributed by atoms with Gasteiger partial charge in [0.1, 0.15) is 5.76 Å². The van der Waals surface area contributed by atoms with Crippen LogP contribution in [-0.4, -0.2) is 36.9 Å². The maximum atomic E-state index is 6.07. The van der Waals surface area contributed by atoms with Crippen molar-refractivity contribution in [1.82, 2.24) is 15.8 Å². The predicted octanol–water partition coefficient (Wildman–Crippen LogP) is 4.37. The van der Waals surface area contributed by atoms with E-state index in [0.29, 0.717) is 12.6 Å². The molecule has 1 saturated carbocycles. The summed E-state index contributed by atoms with van der Waals surface area (Å²) in [5, 5.41) is 10.9. The largest absolute Gasteiger partial charge is 0.378 e. The van der Waals surface area contributed by atoms with Crippen molar-refractivity contribution >= 4 is 5.96 Å². The van der Waals surface area contributed by atoms with Gasteiger partial charge in [0, 0.05) is 31.7 Å². The first-order valence-electron chi connectivity index (χ1n) is 11.4. The molecule has 6 heteroatoms. The highest BCUT2D eigenvalue weighted by Crippen LogP contribution is 2.20. The Morgan fingerprint density at radius 1 is 1.07 bits per heavy atom. The number of hydrogen-bond acceptors (Lipinski definition) is 4. The lowest BCUT2D eigenvalue weighted by Gasteiger charge is -2.15. The van der Waals surface area contributed by atoms with Crippen LogP contribution in [-0.2, 0) is 24.1 Å². The van der Waals surface area contributed by atoms with Crippen LogP contribution in [0, 0.1) is 0 Å². The van der Waals surface area contributed by atoms with Crippen molar-refractivity contribution in [3.8, 4) is 0 Å². The zero-order valence-corrected chi connectivity index (χ0v) is 18.2. The number of rotatable bonds is 11. The smallest absolute Gasteiger partial charge is 0.191 e. The Morgan fingerprint density at radius 2 is 1.86 bits per heavy atom. The number of aromatic nitrogens is 1. The summed E-state index contributed by atoms with van der Waals surface area (Å²) in [4.78, 5) is 4.74. The Balaban J connectivity index is 1.70. The number of nitrogens with zero attached hydrogens (tertiary/aromatic N) is 2. The van der Waals surface area contributed by atoms with Gasteiger partial charge in [0.25, 0.3) is 0 Å². The molecule has 0 unspecified atom stereocenters. The van der Waals surface area contributed by atoms with E-state index in [2.05, 4.69) is 36.6 Å². The van der Waals surface area contributed by atoms with E-state index in [0.717, 1.165) is 68.4 Å². The number of aliphatic imine (C=N–C) groups is 1. The van der Waals surface area contributed by atoms with Gasteiger partial charge in [-0.15, -0.1) is 0 Å². The maximum Gasteiger partial charge on any atom is 0.191 e. The molecule has 0 aromatic carbocycles. The lowest BCUT2D eigenvalue weighted by Crippen LogP contribution is -2.37. The van der Waals surface area contributed by atoms with Gasteiger partial charge in [0.15, 0.2) is 5.96 Å². The van der Waals surface area contributed by atoms with Crippen LogP contribution in [0.2, 0.25) is 0 Å². The Labute approximate surface area is 170 Å². The molecule has 2 rings (SSSR count). The lowest BCUT2D eigenvalue weighted by molar-refractivity contribution is 0.0411. The number of ether oxygens (including phenoxy) is 1. The molecule has 28 heavy (non-hydrogen) atoms. The summed E-state index contributed by atoms with van der Waals surface area (Å²) < 4.78 is 11.5. The van der Waals surface area contributed by atoms with Crippen LogP contribution < -0.4 is 10.6 Å². The Bertz CT molecular complexity index is 541. The van der Waals surface area contributed by atoms with Gasteiger partial charge in [-0.05, 0) is 39.0 Å². The molecule has 0 bridgehead atoms. The lowest BCUT2D eigenvalue weighted by atomic mass is 10.1. The molecule has 0 spiro atoms. The van der Waals surface area contributed by atoms with Crippen molar-refractivity contribution in [2.24, 2.45) is 4.99 Å². The minimum absolute atomic E-state index is 0.499. The first-order valence-corrected chi connectivity index (χ1v) is 11.4. The second-order valence-electron chi connectivity index (χ2n) is 7.55. The molecule has 160 valence electrons. The Morgan fingerprint density at radius 3 is 2.54 bits per heavy atom. The van der Waals surface area contributed by atoms with Crippen LogP contribution in [0.5, 0.6) is 0 Å². The van der Waals surface area contributed by atoms with Gasteiger partial charge in [0.05, 0.1) is 18.3 Å². The second kappa shape index (κ2) is 13.6. The molecular formula is C22H40N4O2. The number of hydrogen-bond donors (Lipinski definition) is 2. The number of guanidine groups is 1. The summed E-state index contributed by atoms with van der Waals surface area (Å²) in [6.07, 6.45) is 12.3. The third kappa shape index (κ3) is 7.82. The summed E-state index contributed by atoms with van der Waals surface area (Å²) in [7, 11) is 0. The third-order valence-electron chi connectivity index (χ3n) is 5.37. The van der Waals surface area contributed by atoms with Gasteiger partial charge in [-0.1, -0.05) is 44.7 Å². The highest BCUT2D eigenvalue weighted by molar-refractivity contribution is 5.79. The topological polar surface area (TPSA) is 71.7 Å². The molecule has 1 heterocycles. The highest BCUT2D eigenvalue weighted by Gasteiger charge is 2.13. The number of aryl methyl sites for hydroxylation is 2. The molecule has 1 fully saturated rings. The summed E-state index contributed by atoms with van der Waals surface area (Å²) in [5.74, 6) is 1.81. The molecule has 1 aromatic rings. The van der Waals surface area contributed by atoms with Crippen LogP contribution in [0.15, 0.2) is 9.52 Å². The van der Waals surface area contributed by atoms with Gasteiger partial charge < -0.3 is 19.9 Å². The van der Waals surface area contributed by atoms with Crippen LogP contribution in [0.1, 0.15) is 89.2 Å². The van der Waals surface area contributed by atoms with Crippen molar-refractivity contribution in [1.29, 1.82) is 0 Å². The van der Waals surface area contributed by atoms with Crippen molar-refractivity contribution < 1.29 is 9.26 Å². The van der Waals surface area contributed by atoms with Crippen LogP contribution in [0.4, 0.5) is 0 Å². The van der Waals surface area contributed by atoms with Crippen molar-refractivity contribution in [3.63, 3.8) is 0 Å². The standard InChI is InChI=1S/C22H40N4O2/c1-4-20-19(21(5-2)28-26-20)17-25-22(23-6-3)24-15-11-12-16-27-18-13-9-7-8-10-14-18/h18H,4-17H2,1-3H3,(H2,23,24,25). The van der Waals surface area contributed by atoms with Gasteiger partial charge in [-0.25, -0.2) is 4.99 Å². The summed E-state index contributed by atoms with van der Waals surface area (Å²) >= 11 is 0. The van der Waals surface area contributed by atoms with E-state index in [1.165, 1.54) is 38.5 Å². The molecule has 1 aliphatic carbocycles. The monoisotopic (exact) mass is 392 g/mol. The molecule has 0 atom stereocenters. The summed E-state index contributed by atoms with van der Waals surface area (Å²) in [6, 6.07) is 0. The fourth-order valence-electron chi connectivity index (χ4n) is 3.71. The van der Waals surface area contributed by atoms with Crippen molar-refractivity contribution in [2.75, 3.05) is 19.7 Å². The Kier molecular flexibility index (Phi) is 11.0. The number of nitrogens with one attached hydrogen (secondary N) is 2. The minimum Gasteiger partial charge on any atom is -0.378 e. The second-order valence-corrected chi connectivity index (χ2v) is 7.55. The van der Waals surface area contributed by atoms with E-state index in [9.17, 15) is 0 Å². The van der Waals surface area contributed by atoms with E-state index in [4.69, 9.17) is 14.3 Å². The Hall–Kier alpha value is -1.56. The molecule has 1 aliphatic rings. The van der Waals surface area contributed by atoms with E-state index in [-0.39, 0.29) is 0 Å². The molecule has 0 radical (unpaired) electrons. The predicted molar refractivity (Wildman–Crippen MR) is 115 cm³/mol. The van der Waals surface area contributed by atoms with Gasteiger partial charge >= 0.3 is 0 Å². The van der Waals surface area contributed by atoms with Gasteiger partial charge in [-0.2, -0.15) is 0 Å². The molecule has 2 N–H and O–H groups in total. The molecule has 0 amide bonds. The SMILES string of the molecule is CCNC(=NCc1c(CC)noc1CC)NCCCCOC1CCCCCC1. The minimum atomic E-state index is 0.499. The van der Waals surface area contributed by atoms with Crippen LogP contribution in [0.3, 0.4) is 0 Å². The molecule has 6 nitrogen and oxygen atoms in total. The zero-order chi connectivity index (χ0) is 20.0. The zero-order valence-electron chi connectivity index (χ0n) is 18.2. The van der Waals surface area contributed by atoms with E-state index in [1.807, 2.05) is 0 Å². The maximum absolute atomic E-state index is 6.07. The van der Waals surface area contributed by atoms with E-state index < -0.39 is 0 Å². The fraction of sp³-hybridized carbons (Fsp3) is 0.818. The van der Waals surface area contributed by atoms with Crippen LogP contribution >= 0.6 is 0 Å². The quantitative estimate of drug-likeness (QED) is 0.253. The first-order chi connectivity index (χ1) is 13.8. The fourth-order valence-corrected chi connectivity index (χ4v) is 3.71. The van der Waals surface area contributed by atoms with Crippen molar-refractivity contribution in [2.45, 2.75) is 97.6 Å². The molecule has 1 aromatic heterocycles. The first kappa shape index (κ1) is 22.7. The average molecular weight is 393 g/mol. The van der Waals surface area contributed by atoms with E-state index >= 15 is 0 Å². The van der Waals surface area contributed by atoms with Crippen molar-refractivity contribution in [3.05, 3.63) is 17.0 Å². The normalized spacial score (nSPS) is 16.2. The molecule has 0 saturated heterocycles. The van der Waals surface area contributed by atoms with Gasteiger partial charge in [0.2, 0.25) is 0 Å². The number of unbranched alkanes of at least 4 members (excludes halogenated alkanes) is 1. The third-order valence-corrected chi connectivity index (χ3v) is 5.37. The highest BCUT2D eigenvalue weighted by atomic mass is 16.5. The van der Waals surface area contributed by atoms with Crippen LogP contribution in [0.25, 0.3) is 0 Å². The summed E-state index contributed by atoms with van der Waals surface area (Å²) in [6.45, 7) is 9.52. The van der Waals surface area contributed by atoms with Gasteiger partial charge in [-0.3, -0.25) is 0 Å². The molecular weight excluding hydrogens is 352 g/mol. The summed E-state index contributed by atoms with van der Waals surface area (Å²) in [5.41, 5.74) is 2.16. The average Bonchev–Trinajstić information content (AvgIpc) is 2.93. The molecule has 0 aliphatic heterocycles. The van der Waals surface area contributed by atoms with E-state index in [1.54, 1.807) is 0 Å².